The average Bonchev–Trinajstić information content (AvgIpc) is 3.09. The number of hydrogen-bond acceptors (Lipinski definition) is 5. The molecule has 1 heterocycles. The normalized spacial score (nSPS) is 18.1. The van der Waals surface area contributed by atoms with Gasteiger partial charge in [0, 0.05) is 6.61 Å². The number of unbranched alkanes of at least 4 members (excludes halogenated alkanes) is 2. The Hall–Kier alpha value is -1.86. The van der Waals surface area contributed by atoms with Crippen molar-refractivity contribution in [2.75, 3.05) is 13.2 Å². The Kier molecular flexibility index (Phi) is 8.28. The Morgan fingerprint density at radius 2 is 1.90 bits per heavy atom. The maximum Gasteiger partial charge on any atom is 0.407 e. The van der Waals surface area contributed by atoms with Gasteiger partial charge in [-0.3, -0.25) is 0 Å². The van der Waals surface area contributed by atoms with E-state index in [1.165, 1.54) is 0 Å². The zero-order valence-electron chi connectivity index (χ0n) is 18.3. The molecule has 6 nitrogen and oxygen atoms in total. The minimum Gasteiger partial charge on any atom is -0.456 e. The molecule has 0 aliphatic carbocycles. The minimum absolute atomic E-state index is 0.213. The Balaban J connectivity index is 1.81. The number of carbonyl (C=O) groups is 2. The van der Waals surface area contributed by atoms with Crippen molar-refractivity contribution in [3.63, 3.8) is 0 Å². The molecular weight excluding hydrogens is 386 g/mol. The van der Waals surface area contributed by atoms with Crippen LogP contribution in [0.15, 0.2) is 30.3 Å². The molecule has 1 aromatic carbocycles. The molecule has 0 spiro atoms. The zero-order chi connectivity index (χ0) is 21.5. The first-order valence-electron chi connectivity index (χ1n) is 10.4. The summed E-state index contributed by atoms with van der Waals surface area (Å²) in [6.07, 6.45) is 2.65. The summed E-state index contributed by atoms with van der Waals surface area (Å²) in [5.41, 5.74) is 0.505. The summed E-state index contributed by atoms with van der Waals surface area (Å²) in [4.78, 5) is 23.9. The second kappa shape index (κ2) is 10.3. The molecule has 29 heavy (non-hydrogen) atoms. The lowest BCUT2D eigenvalue weighted by Gasteiger charge is -2.36. The van der Waals surface area contributed by atoms with E-state index in [0.29, 0.717) is 12.0 Å². The fraction of sp³-hybridized carbons (Fsp3) is 0.636. The van der Waals surface area contributed by atoms with Crippen molar-refractivity contribution in [1.82, 2.24) is 5.32 Å². The van der Waals surface area contributed by atoms with Crippen molar-refractivity contribution in [1.29, 1.82) is 0 Å². The molecule has 0 aromatic heterocycles. The molecule has 7 heteroatoms. The molecule has 0 unspecified atom stereocenters. The maximum atomic E-state index is 12.4. The van der Waals surface area contributed by atoms with E-state index in [-0.39, 0.29) is 23.7 Å². The first-order chi connectivity index (χ1) is 13.6. The van der Waals surface area contributed by atoms with Crippen molar-refractivity contribution in [3.05, 3.63) is 35.9 Å². The van der Waals surface area contributed by atoms with Gasteiger partial charge in [-0.25, -0.2) is 9.59 Å². The number of carbonyl (C=O) groups excluding carboxylic acids is 2. The van der Waals surface area contributed by atoms with E-state index < -0.39 is 20.5 Å². The molecule has 2 rings (SSSR count). The van der Waals surface area contributed by atoms with E-state index in [0.717, 1.165) is 25.9 Å². The van der Waals surface area contributed by atoms with E-state index >= 15 is 0 Å². The maximum absolute atomic E-state index is 12.4. The van der Waals surface area contributed by atoms with Crippen molar-refractivity contribution in [3.8, 4) is 0 Å². The van der Waals surface area contributed by atoms with E-state index in [4.69, 9.17) is 13.9 Å². The topological polar surface area (TPSA) is 73.9 Å². The van der Waals surface area contributed by atoms with Gasteiger partial charge in [-0.2, -0.15) is 0 Å². The number of hydrogen-bond donors (Lipinski definition) is 1. The van der Waals surface area contributed by atoms with E-state index in [1.54, 1.807) is 24.3 Å². The molecule has 162 valence electrons. The first kappa shape index (κ1) is 23.4. The molecule has 1 fully saturated rings. The summed E-state index contributed by atoms with van der Waals surface area (Å²) in [6, 6.07) is 8.59. The lowest BCUT2D eigenvalue weighted by atomic mass is 10.0. The number of alkyl carbamates (subject to hydrolysis) is 1. The number of nitrogens with one attached hydrogen (secondary N) is 1. The number of rotatable bonds is 10. The lowest BCUT2D eigenvalue weighted by Crippen LogP contribution is -2.41. The summed E-state index contributed by atoms with van der Waals surface area (Å²) in [5, 5.41) is 2.95. The van der Waals surface area contributed by atoms with Gasteiger partial charge in [0.2, 0.25) is 0 Å². The molecule has 0 bridgehead atoms. The van der Waals surface area contributed by atoms with Crippen LogP contribution in [0.1, 0.15) is 56.8 Å². The van der Waals surface area contributed by atoms with Gasteiger partial charge in [0.15, 0.2) is 8.32 Å². The van der Waals surface area contributed by atoms with Crippen LogP contribution < -0.4 is 5.32 Å². The summed E-state index contributed by atoms with van der Waals surface area (Å²) in [6.45, 7) is 12.2. The highest BCUT2D eigenvalue weighted by Gasteiger charge is 2.37. The second-order valence-electron chi connectivity index (χ2n) is 9.12. The molecular formula is C22H35NO5Si. The third-order valence-corrected chi connectivity index (χ3v) is 10.4. The zero-order valence-corrected chi connectivity index (χ0v) is 19.3. The Morgan fingerprint density at radius 3 is 2.48 bits per heavy atom. The van der Waals surface area contributed by atoms with E-state index in [9.17, 15) is 9.59 Å². The minimum atomic E-state index is -1.71. The lowest BCUT2D eigenvalue weighted by molar-refractivity contribution is 0.0178. The number of amides is 1. The Bertz CT molecular complexity index is 672. The van der Waals surface area contributed by atoms with Gasteiger partial charge in [0.1, 0.15) is 18.8 Å². The van der Waals surface area contributed by atoms with Gasteiger partial charge < -0.3 is 19.2 Å². The summed E-state index contributed by atoms with van der Waals surface area (Å²) >= 11 is 0. The van der Waals surface area contributed by atoms with Crippen LogP contribution in [-0.2, 0) is 13.9 Å². The van der Waals surface area contributed by atoms with Gasteiger partial charge in [-0.1, -0.05) is 45.4 Å². The third kappa shape index (κ3) is 7.15. The van der Waals surface area contributed by atoms with Crippen molar-refractivity contribution < 1.29 is 23.5 Å². The molecule has 0 radical (unpaired) electrons. The quantitative estimate of drug-likeness (QED) is 0.330. The molecule has 2 atom stereocenters. The molecule has 0 saturated carbocycles. The largest absolute Gasteiger partial charge is 0.456 e. The van der Waals surface area contributed by atoms with E-state index in [1.807, 2.05) is 6.07 Å². The van der Waals surface area contributed by atoms with Crippen LogP contribution in [0.3, 0.4) is 0 Å². The summed E-state index contributed by atoms with van der Waals surface area (Å²) in [5.74, 6) is -0.377. The van der Waals surface area contributed by atoms with Crippen LogP contribution in [0, 0.1) is 0 Å². The molecule has 1 N–H and O–H groups in total. The monoisotopic (exact) mass is 421 g/mol. The average molecular weight is 422 g/mol. The highest BCUT2D eigenvalue weighted by Crippen LogP contribution is 2.36. The van der Waals surface area contributed by atoms with Gasteiger partial charge in [-0.15, -0.1) is 0 Å². The predicted octanol–water partition coefficient (Wildman–Crippen LogP) is 4.90. The second-order valence-corrected chi connectivity index (χ2v) is 13.9. The first-order valence-corrected chi connectivity index (χ1v) is 13.3. The summed E-state index contributed by atoms with van der Waals surface area (Å²) < 4.78 is 16.9. The SMILES string of the molecule is CC(C)(C)[Si](C)(C)OCCCCC[C@H](OC(=O)c1ccccc1)[C@H]1COC(=O)N1. The van der Waals surface area contributed by atoms with Gasteiger partial charge in [-0.05, 0) is 49.5 Å². The standard InChI is InChI=1S/C22H35NO5Si/c1-22(2,3)29(4,5)27-15-11-7-10-14-19(18-16-26-21(25)23-18)28-20(24)17-12-8-6-9-13-17/h6,8-9,12-13,18-19H,7,10-11,14-16H2,1-5H3,(H,23,25)/t18-,19+/m1/s1. The fourth-order valence-electron chi connectivity index (χ4n) is 2.89. The van der Waals surface area contributed by atoms with Crippen molar-refractivity contribution in [2.45, 2.75) is 76.7 Å². The van der Waals surface area contributed by atoms with Crippen LogP contribution in [0.5, 0.6) is 0 Å². The van der Waals surface area contributed by atoms with Crippen LogP contribution in [-0.4, -0.2) is 45.7 Å². The number of cyclic esters (lactones) is 1. The fourth-order valence-corrected chi connectivity index (χ4v) is 3.98. The molecule has 1 aliphatic rings. The molecule has 1 saturated heterocycles. The highest BCUT2D eigenvalue weighted by molar-refractivity contribution is 6.74. The third-order valence-electron chi connectivity index (χ3n) is 5.82. The number of esters is 1. The number of benzene rings is 1. The van der Waals surface area contributed by atoms with Crippen LogP contribution in [0.4, 0.5) is 4.79 Å². The van der Waals surface area contributed by atoms with Crippen molar-refractivity contribution >= 4 is 20.4 Å². The smallest absolute Gasteiger partial charge is 0.407 e. The number of ether oxygens (including phenoxy) is 2. The predicted molar refractivity (Wildman–Crippen MR) is 116 cm³/mol. The van der Waals surface area contributed by atoms with Crippen molar-refractivity contribution in [2.24, 2.45) is 0 Å². The van der Waals surface area contributed by atoms with Crippen LogP contribution in [0.2, 0.25) is 18.1 Å². The van der Waals surface area contributed by atoms with Crippen LogP contribution >= 0.6 is 0 Å². The Morgan fingerprint density at radius 1 is 1.21 bits per heavy atom. The van der Waals surface area contributed by atoms with E-state index in [2.05, 4.69) is 39.2 Å². The van der Waals surface area contributed by atoms with Gasteiger partial charge in [0.05, 0.1) is 5.56 Å². The Labute approximate surface area is 175 Å². The summed E-state index contributed by atoms with van der Waals surface area (Å²) in [7, 11) is -1.71. The van der Waals surface area contributed by atoms with Gasteiger partial charge >= 0.3 is 12.1 Å². The highest BCUT2D eigenvalue weighted by atomic mass is 28.4. The molecule has 1 amide bonds. The van der Waals surface area contributed by atoms with Gasteiger partial charge in [0.25, 0.3) is 0 Å². The molecule has 1 aliphatic heterocycles. The van der Waals surface area contributed by atoms with Crippen LogP contribution in [0.25, 0.3) is 0 Å². The molecule has 1 aromatic rings.